The van der Waals surface area contributed by atoms with Crippen LogP contribution in [0.5, 0.6) is 0 Å². The molecule has 0 spiro atoms. The second kappa shape index (κ2) is 7.70. The number of benzene rings is 2. The van der Waals surface area contributed by atoms with Gasteiger partial charge in [0, 0.05) is 17.2 Å². The van der Waals surface area contributed by atoms with Gasteiger partial charge in [-0.2, -0.15) is 0 Å². The molecular weight excluding hydrogens is 340 g/mol. The van der Waals surface area contributed by atoms with Crippen molar-refractivity contribution in [3.05, 3.63) is 70.3 Å². The van der Waals surface area contributed by atoms with Crippen LogP contribution in [0.1, 0.15) is 15.9 Å². The summed E-state index contributed by atoms with van der Waals surface area (Å²) in [5, 5.41) is 2.74. The molecule has 0 saturated carbocycles. The first-order valence-corrected chi connectivity index (χ1v) is 7.10. The molecule has 2 rings (SSSR count). The topological polar surface area (TPSA) is 55.4 Å². The Labute approximate surface area is 141 Å². The lowest BCUT2D eigenvalue weighted by atomic mass is 10.1. The molecule has 0 fully saturated rings. The van der Waals surface area contributed by atoms with Crippen LogP contribution in [0.25, 0.3) is 6.08 Å². The predicted octanol–water partition coefficient (Wildman–Crippen LogP) is 4.06. The van der Waals surface area contributed by atoms with E-state index in [0.717, 1.165) is 19.3 Å². The molecule has 0 atom stereocenters. The zero-order chi connectivity index (χ0) is 17.7. The van der Waals surface area contributed by atoms with E-state index in [4.69, 9.17) is 11.6 Å². The van der Waals surface area contributed by atoms with Gasteiger partial charge in [0.15, 0.2) is 0 Å². The minimum absolute atomic E-state index is 0.336. The third-order valence-electron chi connectivity index (χ3n) is 3.00. The van der Waals surface area contributed by atoms with Crippen molar-refractivity contribution < 1.29 is 23.1 Å². The molecule has 2 aromatic rings. The van der Waals surface area contributed by atoms with Crippen LogP contribution < -0.4 is 5.32 Å². The van der Waals surface area contributed by atoms with Crippen LogP contribution in [0.4, 0.5) is 14.5 Å². The van der Waals surface area contributed by atoms with Crippen LogP contribution in [-0.2, 0) is 9.53 Å². The Kier molecular flexibility index (Phi) is 5.65. The molecule has 4 nitrogen and oxygen atoms in total. The summed E-state index contributed by atoms with van der Waals surface area (Å²) in [6.45, 7) is 0. The van der Waals surface area contributed by atoms with Crippen LogP contribution in [0.3, 0.4) is 0 Å². The largest absolute Gasteiger partial charge is 0.465 e. The number of halogens is 3. The number of esters is 1. The number of nitrogens with one attached hydrogen (secondary N) is 1. The molecule has 0 unspecified atom stereocenters. The lowest BCUT2D eigenvalue weighted by Crippen LogP contribution is -2.12. The lowest BCUT2D eigenvalue weighted by molar-refractivity contribution is -0.111. The Hall–Kier alpha value is -2.73. The number of anilines is 1. The summed E-state index contributed by atoms with van der Waals surface area (Å²) in [5.41, 5.74) is -0.141. The highest BCUT2D eigenvalue weighted by molar-refractivity contribution is 6.30. The number of hydrogen-bond acceptors (Lipinski definition) is 3. The van der Waals surface area contributed by atoms with E-state index in [2.05, 4.69) is 10.1 Å². The van der Waals surface area contributed by atoms with Gasteiger partial charge in [0.1, 0.15) is 11.6 Å². The average Bonchev–Trinajstić information content (AvgIpc) is 2.55. The van der Waals surface area contributed by atoms with E-state index in [1.165, 1.54) is 6.08 Å². The molecular formula is C17H12ClF2NO3. The number of rotatable bonds is 4. The van der Waals surface area contributed by atoms with Crippen LogP contribution >= 0.6 is 11.6 Å². The normalized spacial score (nSPS) is 10.7. The molecule has 0 aromatic heterocycles. The fourth-order valence-corrected chi connectivity index (χ4v) is 2.07. The SMILES string of the molecule is COC(=O)c1cc(NC(=O)C=Cc2cccc(Cl)c2)c(F)cc1F. The Bertz CT molecular complexity index is 821. The third-order valence-corrected chi connectivity index (χ3v) is 3.23. The average molecular weight is 352 g/mol. The zero-order valence-electron chi connectivity index (χ0n) is 12.5. The van der Waals surface area contributed by atoms with Crippen molar-refractivity contribution in [1.29, 1.82) is 0 Å². The van der Waals surface area contributed by atoms with Crippen molar-refractivity contribution in [1.82, 2.24) is 0 Å². The Morgan fingerprint density at radius 3 is 2.58 bits per heavy atom. The maximum atomic E-state index is 13.7. The van der Waals surface area contributed by atoms with Gasteiger partial charge in [0.2, 0.25) is 5.91 Å². The molecule has 0 bridgehead atoms. The molecule has 0 aliphatic rings. The van der Waals surface area contributed by atoms with Gasteiger partial charge in [-0.3, -0.25) is 4.79 Å². The third kappa shape index (κ3) is 4.39. The molecule has 1 amide bonds. The zero-order valence-corrected chi connectivity index (χ0v) is 13.2. The maximum Gasteiger partial charge on any atom is 0.340 e. The van der Waals surface area contributed by atoms with Gasteiger partial charge >= 0.3 is 5.97 Å². The standard InChI is InChI=1S/C17H12ClF2NO3/c1-24-17(23)12-8-15(14(20)9-13(12)19)21-16(22)6-5-10-3-2-4-11(18)7-10/h2-9H,1H3,(H,21,22). The molecule has 7 heteroatoms. The van der Waals surface area contributed by atoms with Gasteiger partial charge in [-0.1, -0.05) is 23.7 Å². The Morgan fingerprint density at radius 2 is 1.92 bits per heavy atom. The fraction of sp³-hybridized carbons (Fsp3) is 0.0588. The highest BCUT2D eigenvalue weighted by Gasteiger charge is 2.17. The molecule has 0 heterocycles. The van der Waals surface area contributed by atoms with E-state index in [1.807, 2.05) is 0 Å². The van der Waals surface area contributed by atoms with Crippen molar-refractivity contribution >= 4 is 35.2 Å². The molecule has 124 valence electrons. The Balaban J connectivity index is 2.18. The number of carbonyl (C=O) groups is 2. The maximum absolute atomic E-state index is 13.7. The summed E-state index contributed by atoms with van der Waals surface area (Å²) in [5.74, 6) is -3.72. The molecule has 0 aliphatic heterocycles. The van der Waals surface area contributed by atoms with Gasteiger partial charge in [-0.25, -0.2) is 13.6 Å². The van der Waals surface area contributed by atoms with Crippen LogP contribution in [0.2, 0.25) is 5.02 Å². The quantitative estimate of drug-likeness (QED) is 0.667. The first-order chi connectivity index (χ1) is 11.4. The number of hydrogen-bond donors (Lipinski definition) is 1. The predicted molar refractivity (Wildman–Crippen MR) is 86.8 cm³/mol. The number of methoxy groups -OCH3 is 1. The molecule has 0 radical (unpaired) electrons. The van der Waals surface area contributed by atoms with E-state index < -0.39 is 29.1 Å². The summed E-state index contributed by atoms with van der Waals surface area (Å²) in [6, 6.07) is 8.14. The van der Waals surface area contributed by atoms with Crippen molar-refractivity contribution in [2.75, 3.05) is 12.4 Å². The van der Waals surface area contributed by atoms with Gasteiger partial charge in [-0.15, -0.1) is 0 Å². The molecule has 24 heavy (non-hydrogen) atoms. The summed E-state index contributed by atoms with van der Waals surface area (Å²) in [7, 11) is 1.07. The highest BCUT2D eigenvalue weighted by atomic mass is 35.5. The summed E-state index contributed by atoms with van der Waals surface area (Å²) in [6.07, 6.45) is 2.64. The highest BCUT2D eigenvalue weighted by Crippen LogP contribution is 2.20. The van der Waals surface area contributed by atoms with Crippen LogP contribution in [-0.4, -0.2) is 19.0 Å². The number of ether oxygens (including phenoxy) is 1. The summed E-state index contributed by atoms with van der Waals surface area (Å²) >= 11 is 5.82. The smallest absolute Gasteiger partial charge is 0.340 e. The monoisotopic (exact) mass is 351 g/mol. The molecule has 0 saturated heterocycles. The number of amides is 1. The minimum Gasteiger partial charge on any atom is -0.465 e. The fourth-order valence-electron chi connectivity index (χ4n) is 1.87. The second-order valence-electron chi connectivity index (χ2n) is 4.68. The van der Waals surface area contributed by atoms with Gasteiger partial charge in [0.25, 0.3) is 0 Å². The van der Waals surface area contributed by atoms with Crippen LogP contribution in [0.15, 0.2) is 42.5 Å². The van der Waals surface area contributed by atoms with Crippen molar-refractivity contribution in [2.24, 2.45) is 0 Å². The summed E-state index contributed by atoms with van der Waals surface area (Å²) < 4.78 is 31.7. The molecule has 0 aliphatic carbocycles. The van der Waals surface area contributed by atoms with Crippen molar-refractivity contribution in [3.8, 4) is 0 Å². The van der Waals surface area contributed by atoms with Crippen molar-refractivity contribution in [3.63, 3.8) is 0 Å². The minimum atomic E-state index is -1.08. The second-order valence-corrected chi connectivity index (χ2v) is 5.12. The lowest BCUT2D eigenvalue weighted by Gasteiger charge is -2.07. The number of carbonyl (C=O) groups excluding carboxylic acids is 2. The van der Waals surface area contributed by atoms with Gasteiger partial charge in [0.05, 0.1) is 18.4 Å². The first-order valence-electron chi connectivity index (χ1n) is 6.72. The van der Waals surface area contributed by atoms with E-state index >= 15 is 0 Å². The van der Waals surface area contributed by atoms with E-state index in [-0.39, 0.29) is 5.69 Å². The van der Waals surface area contributed by atoms with Gasteiger partial charge < -0.3 is 10.1 Å². The van der Waals surface area contributed by atoms with Gasteiger partial charge in [-0.05, 0) is 29.8 Å². The van der Waals surface area contributed by atoms with E-state index in [9.17, 15) is 18.4 Å². The summed E-state index contributed by atoms with van der Waals surface area (Å²) in [4.78, 5) is 23.3. The van der Waals surface area contributed by atoms with E-state index in [1.54, 1.807) is 24.3 Å². The first kappa shape index (κ1) is 17.6. The van der Waals surface area contributed by atoms with Crippen LogP contribution in [0, 0.1) is 11.6 Å². The van der Waals surface area contributed by atoms with Crippen molar-refractivity contribution in [2.45, 2.75) is 0 Å². The molecule has 2 aromatic carbocycles. The van der Waals surface area contributed by atoms with E-state index in [0.29, 0.717) is 16.7 Å². The Morgan fingerprint density at radius 1 is 1.17 bits per heavy atom. The molecule has 1 N–H and O–H groups in total.